The van der Waals surface area contributed by atoms with Crippen LogP contribution < -0.4 is 16.0 Å². The number of rotatable bonds is 10. The van der Waals surface area contributed by atoms with E-state index >= 15 is 0 Å². The van der Waals surface area contributed by atoms with Gasteiger partial charge in [0.25, 0.3) is 5.91 Å². The van der Waals surface area contributed by atoms with Crippen LogP contribution in [0.5, 0.6) is 0 Å². The molecule has 2 amide bonds. The van der Waals surface area contributed by atoms with Gasteiger partial charge in [0.2, 0.25) is 5.91 Å². The Hall–Kier alpha value is -5.39. The van der Waals surface area contributed by atoms with Crippen molar-refractivity contribution in [3.05, 3.63) is 113 Å². The van der Waals surface area contributed by atoms with Crippen molar-refractivity contribution in [3.8, 4) is 0 Å². The van der Waals surface area contributed by atoms with Gasteiger partial charge in [-0.15, -0.1) is 0 Å². The van der Waals surface area contributed by atoms with Crippen LogP contribution in [0.3, 0.4) is 0 Å². The number of aryl methyl sites for hydroxylation is 1. The van der Waals surface area contributed by atoms with Crippen LogP contribution in [0.4, 0.5) is 22.9 Å². The van der Waals surface area contributed by atoms with Crippen molar-refractivity contribution in [1.29, 1.82) is 0 Å². The maximum Gasteiger partial charge on any atom is 0.302 e. The second-order valence-corrected chi connectivity index (χ2v) is 12.2. The molecule has 1 fully saturated rings. The molecular formula is C37H39N7O4. The topological polar surface area (TPSA) is 129 Å². The molecule has 0 bridgehead atoms. The molecule has 1 aliphatic heterocycles. The molecule has 4 aromatic rings. The first-order chi connectivity index (χ1) is 23.2. The highest BCUT2D eigenvalue weighted by Crippen LogP contribution is 2.34. The lowest BCUT2D eigenvalue weighted by Gasteiger charge is -2.32. The van der Waals surface area contributed by atoms with Gasteiger partial charge in [0.15, 0.2) is 0 Å². The SMILES string of the molecule is CC(=O)OCc1cccc(Nc2ncnc3c2C=CC3C(=O)Nc2cc(NC(=O)c3ccc(CN4CCN(C)CC4)cc3)ccc2C)c1. The summed E-state index contributed by atoms with van der Waals surface area (Å²) < 4.78 is 5.11. The van der Waals surface area contributed by atoms with Crippen molar-refractivity contribution in [2.45, 2.75) is 32.9 Å². The van der Waals surface area contributed by atoms with Crippen LogP contribution in [0.1, 0.15) is 51.1 Å². The van der Waals surface area contributed by atoms with Crippen molar-refractivity contribution >= 4 is 46.7 Å². The lowest BCUT2D eigenvalue weighted by molar-refractivity contribution is -0.142. The zero-order valence-corrected chi connectivity index (χ0v) is 27.3. The van der Waals surface area contributed by atoms with E-state index in [0.717, 1.165) is 55.1 Å². The molecule has 2 aliphatic rings. The maximum atomic E-state index is 13.5. The molecule has 48 heavy (non-hydrogen) atoms. The van der Waals surface area contributed by atoms with E-state index in [2.05, 4.69) is 42.8 Å². The number of piperazine rings is 1. The molecule has 2 heterocycles. The Bertz CT molecular complexity index is 1850. The second kappa shape index (κ2) is 14.6. The molecule has 11 nitrogen and oxygen atoms in total. The maximum absolute atomic E-state index is 13.5. The van der Waals surface area contributed by atoms with Crippen LogP contribution in [0.15, 0.2) is 79.1 Å². The van der Waals surface area contributed by atoms with Gasteiger partial charge in [0.05, 0.1) is 11.6 Å². The average Bonchev–Trinajstić information content (AvgIpc) is 3.52. The lowest BCUT2D eigenvalue weighted by atomic mass is 10.1. The minimum Gasteiger partial charge on any atom is -0.461 e. The van der Waals surface area contributed by atoms with Crippen molar-refractivity contribution in [1.82, 2.24) is 19.8 Å². The van der Waals surface area contributed by atoms with Gasteiger partial charge in [0, 0.05) is 67.8 Å². The number of ether oxygens (including phenoxy) is 1. The first kappa shape index (κ1) is 32.5. The molecule has 1 atom stereocenters. The van der Waals surface area contributed by atoms with Gasteiger partial charge in [-0.25, -0.2) is 9.97 Å². The summed E-state index contributed by atoms with van der Waals surface area (Å²) in [6.07, 6.45) is 5.06. The lowest BCUT2D eigenvalue weighted by Crippen LogP contribution is -2.43. The highest BCUT2D eigenvalue weighted by Gasteiger charge is 2.28. The van der Waals surface area contributed by atoms with Crippen molar-refractivity contribution in [2.75, 3.05) is 49.2 Å². The Morgan fingerprint density at radius 1 is 0.896 bits per heavy atom. The summed E-state index contributed by atoms with van der Waals surface area (Å²) >= 11 is 0. The highest BCUT2D eigenvalue weighted by molar-refractivity contribution is 6.05. The van der Waals surface area contributed by atoms with Crippen LogP contribution in [0, 0.1) is 6.92 Å². The Morgan fingerprint density at radius 2 is 1.69 bits per heavy atom. The van der Waals surface area contributed by atoms with E-state index in [4.69, 9.17) is 4.74 Å². The Kier molecular flexibility index (Phi) is 9.88. The third kappa shape index (κ3) is 7.93. The molecule has 1 aliphatic carbocycles. The van der Waals surface area contributed by atoms with E-state index in [-0.39, 0.29) is 24.4 Å². The first-order valence-corrected chi connectivity index (χ1v) is 16.0. The number of carbonyl (C=O) groups excluding carboxylic acids is 3. The third-order valence-corrected chi connectivity index (χ3v) is 8.55. The number of nitrogens with zero attached hydrogens (tertiary/aromatic N) is 4. The number of aromatic nitrogens is 2. The summed E-state index contributed by atoms with van der Waals surface area (Å²) in [6.45, 7) is 8.52. The molecular weight excluding hydrogens is 606 g/mol. The zero-order chi connectivity index (χ0) is 33.6. The van der Waals surface area contributed by atoms with Crippen LogP contribution in [0.2, 0.25) is 0 Å². The van der Waals surface area contributed by atoms with E-state index in [1.54, 1.807) is 12.1 Å². The predicted octanol–water partition coefficient (Wildman–Crippen LogP) is 5.34. The number of carbonyl (C=O) groups is 3. The summed E-state index contributed by atoms with van der Waals surface area (Å²) in [5.74, 6) is -0.879. The molecule has 0 saturated carbocycles. The number of hydrogen-bond donors (Lipinski definition) is 3. The molecule has 1 saturated heterocycles. The van der Waals surface area contributed by atoms with E-state index in [0.29, 0.717) is 28.5 Å². The quantitative estimate of drug-likeness (QED) is 0.196. The largest absolute Gasteiger partial charge is 0.461 e. The molecule has 246 valence electrons. The molecule has 0 radical (unpaired) electrons. The molecule has 11 heteroatoms. The van der Waals surface area contributed by atoms with Crippen LogP contribution in [-0.4, -0.2) is 70.8 Å². The fourth-order valence-corrected chi connectivity index (χ4v) is 5.75. The number of amides is 2. The molecule has 6 rings (SSSR count). The number of anilines is 4. The number of esters is 1. The summed E-state index contributed by atoms with van der Waals surface area (Å²) in [7, 11) is 2.14. The third-order valence-electron chi connectivity index (χ3n) is 8.55. The van der Waals surface area contributed by atoms with Gasteiger partial charge in [-0.1, -0.05) is 42.5 Å². The molecule has 3 aromatic carbocycles. The Balaban J connectivity index is 1.08. The summed E-state index contributed by atoms with van der Waals surface area (Å²) in [5.41, 5.74) is 6.67. The van der Waals surface area contributed by atoms with Gasteiger partial charge in [0.1, 0.15) is 18.8 Å². The first-order valence-electron chi connectivity index (χ1n) is 16.0. The van der Waals surface area contributed by atoms with Crippen molar-refractivity contribution in [3.63, 3.8) is 0 Å². The van der Waals surface area contributed by atoms with E-state index in [1.165, 1.54) is 18.8 Å². The highest BCUT2D eigenvalue weighted by atomic mass is 16.5. The molecule has 3 N–H and O–H groups in total. The summed E-state index contributed by atoms with van der Waals surface area (Å²) in [6, 6.07) is 20.7. The molecule has 1 unspecified atom stereocenters. The minimum absolute atomic E-state index is 0.170. The number of likely N-dealkylation sites (N-methyl/N-ethyl adjacent to an activating group) is 1. The predicted molar refractivity (Wildman–Crippen MR) is 186 cm³/mol. The standard InChI is InChI=1S/C37H39N7O4/c1-24-7-12-30(41-36(46)28-10-8-26(9-11-28)21-44-17-15-43(3)16-18-44)20-33(24)42-37(47)32-14-13-31-34(32)38-23-39-35(31)40-29-6-4-5-27(19-29)22-48-25(2)45/h4-14,19-20,23,32H,15-18,21-22H2,1-3H3,(H,41,46)(H,42,47)(H,38,39,40). The fourth-order valence-electron chi connectivity index (χ4n) is 5.75. The number of nitrogens with one attached hydrogen (secondary N) is 3. The summed E-state index contributed by atoms with van der Waals surface area (Å²) in [5, 5.41) is 9.28. The number of fused-ring (bicyclic) bond motifs is 1. The Morgan fingerprint density at radius 3 is 2.46 bits per heavy atom. The van der Waals surface area contributed by atoms with Gasteiger partial charge >= 0.3 is 5.97 Å². The van der Waals surface area contributed by atoms with E-state index in [1.807, 2.05) is 73.7 Å². The Labute approximate surface area is 280 Å². The fraction of sp³-hybridized carbons (Fsp3) is 0.270. The second-order valence-electron chi connectivity index (χ2n) is 12.2. The number of hydrogen-bond acceptors (Lipinski definition) is 9. The smallest absolute Gasteiger partial charge is 0.302 e. The zero-order valence-electron chi connectivity index (χ0n) is 27.3. The van der Waals surface area contributed by atoms with Crippen LogP contribution >= 0.6 is 0 Å². The normalized spacial score (nSPS) is 15.9. The van der Waals surface area contributed by atoms with Gasteiger partial charge in [-0.3, -0.25) is 19.3 Å². The van der Waals surface area contributed by atoms with Gasteiger partial charge < -0.3 is 25.6 Å². The monoisotopic (exact) mass is 645 g/mol. The molecule has 1 aromatic heterocycles. The molecule has 0 spiro atoms. The van der Waals surface area contributed by atoms with E-state index < -0.39 is 5.92 Å². The van der Waals surface area contributed by atoms with E-state index in [9.17, 15) is 14.4 Å². The summed E-state index contributed by atoms with van der Waals surface area (Å²) in [4.78, 5) is 51.4. The van der Waals surface area contributed by atoms with Gasteiger partial charge in [-0.2, -0.15) is 0 Å². The van der Waals surface area contributed by atoms with Crippen LogP contribution in [0.25, 0.3) is 6.08 Å². The average molecular weight is 646 g/mol. The van der Waals surface area contributed by atoms with Crippen molar-refractivity contribution in [2.24, 2.45) is 0 Å². The van der Waals surface area contributed by atoms with Crippen molar-refractivity contribution < 1.29 is 19.1 Å². The van der Waals surface area contributed by atoms with Crippen LogP contribution in [-0.2, 0) is 27.5 Å². The number of benzene rings is 3. The van der Waals surface area contributed by atoms with Gasteiger partial charge in [-0.05, 0) is 67.1 Å². The minimum atomic E-state index is -0.624.